The number of aromatic amines is 1. The van der Waals surface area contributed by atoms with Gasteiger partial charge < -0.3 is 10.3 Å². The van der Waals surface area contributed by atoms with Gasteiger partial charge in [0.1, 0.15) is 0 Å². The van der Waals surface area contributed by atoms with Crippen molar-refractivity contribution in [1.82, 2.24) is 25.3 Å². The molecule has 0 aliphatic carbocycles. The quantitative estimate of drug-likeness (QED) is 0.590. The largest absolute Gasteiger partial charge is 0.361 e. The van der Waals surface area contributed by atoms with E-state index in [9.17, 15) is 4.79 Å². The van der Waals surface area contributed by atoms with Crippen LogP contribution in [0.5, 0.6) is 0 Å². The molecule has 124 valence electrons. The van der Waals surface area contributed by atoms with Gasteiger partial charge in [0.05, 0.1) is 25.0 Å². The molecule has 2 aromatic carbocycles. The Hall–Kier alpha value is -3.41. The molecule has 2 heterocycles. The number of amides is 1. The van der Waals surface area contributed by atoms with Crippen LogP contribution in [0.2, 0.25) is 0 Å². The monoisotopic (exact) mass is 331 g/mol. The van der Waals surface area contributed by atoms with E-state index in [2.05, 4.69) is 20.5 Å². The Morgan fingerprint density at radius 3 is 2.68 bits per heavy atom. The van der Waals surface area contributed by atoms with Crippen LogP contribution in [-0.2, 0) is 6.54 Å². The second-order valence-corrected chi connectivity index (χ2v) is 5.80. The van der Waals surface area contributed by atoms with E-state index in [-0.39, 0.29) is 11.9 Å². The van der Waals surface area contributed by atoms with E-state index < -0.39 is 0 Å². The summed E-state index contributed by atoms with van der Waals surface area (Å²) in [6.07, 6.45) is 5.12. The van der Waals surface area contributed by atoms with E-state index >= 15 is 0 Å². The molecule has 0 bridgehead atoms. The molecular weight excluding hydrogens is 314 g/mol. The second kappa shape index (κ2) is 6.60. The van der Waals surface area contributed by atoms with E-state index in [1.807, 2.05) is 60.8 Å². The minimum Gasteiger partial charge on any atom is -0.361 e. The number of carbonyl (C=O) groups is 1. The van der Waals surface area contributed by atoms with Crippen LogP contribution >= 0.6 is 0 Å². The van der Waals surface area contributed by atoms with Gasteiger partial charge in [0.25, 0.3) is 5.91 Å². The molecule has 0 fully saturated rings. The average molecular weight is 331 g/mol. The minimum atomic E-state index is -0.219. The number of H-pyrrole nitrogens is 1. The molecule has 0 aliphatic heterocycles. The molecule has 6 heteroatoms. The van der Waals surface area contributed by atoms with Crippen LogP contribution < -0.4 is 5.32 Å². The molecule has 6 nitrogen and oxygen atoms in total. The number of benzene rings is 2. The molecule has 0 saturated heterocycles. The van der Waals surface area contributed by atoms with Gasteiger partial charge in [-0.2, -0.15) is 15.0 Å². The Bertz CT molecular complexity index is 975. The van der Waals surface area contributed by atoms with E-state index in [0.29, 0.717) is 12.1 Å². The molecule has 4 aromatic rings. The summed E-state index contributed by atoms with van der Waals surface area (Å²) in [6.45, 7) is 0.467. The highest BCUT2D eigenvalue weighted by Crippen LogP contribution is 2.18. The fourth-order valence-electron chi connectivity index (χ4n) is 2.86. The summed E-state index contributed by atoms with van der Waals surface area (Å²) < 4.78 is 0. The van der Waals surface area contributed by atoms with Crippen LogP contribution in [0.3, 0.4) is 0 Å². The van der Waals surface area contributed by atoms with Gasteiger partial charge in [-0.1, -0.05) is 30.3 Å². The second-order valence-electron chi connectivity index (χ2n) is 5.80. The van der Waals surface area contributed by atoms with Gasteiger partial charge in [-0.25, -0.2) is 0 Å². The molecule has 2 aromatic heterocycles. The van der Waals surface area contributed by atoms with Crippen molar-refractivity contribution < 1.29 is 4.79 Å². The molecule has 1 amide bonds. The molecular formula is C19H17N5O. The first kappa shape index (κ1) is 15.1. The van der Waals surface area contributed by atoms with Crippen LogP contribution in [0.25, 0.3) is 10.9 Å². The van der Waals surface area contributed by atoms with Crippen molar-refractivity contribution in [2.75, 3.05) is 0 Å². The Kier molecular flexibility index (Phi) is 4.00. The third-order valence-electron chi connectivity index (χ3n) is 4.14. The summed E-state index contributed by atoms with van der Waals surface area (Å²) in [4.78, 5) is 17.5. The van der Waals surface area contributed by atoms with Gasteiger partial charge in [0.15, 0.2) is 0 Å². The van der Waals surface area contributed by atoms with E-state index in [1.54, 1.807) is 17.2 Å². The van der Waals surface area contributed by atoms with Gasteiger partial charge in [-0.05, 0) is 29.8 Å². The normalized spacial score (nSPS) is 12.2. The van der Waals surface area contributed by atoms with Crippen LogP contribution in [0.4, 0.5) is 0 Å². The highest BCUT2D eigenvalue weighted by Gasteiger charge is 2.17. The Morgan fingerprint density at radius 1 is 1.08 bits per heavy atom. The summed E-state index contributed by atoms with van der Waals surface area (Å²) >= 11 is 0. The molecule has 0 spiro atoms. The van der Waals surface area contributed by atoms with Crippen molar-refractivity contribution in [3.8, 4) is 0 Å². The van der Waals surface area contributed by atoms with Crippen molar-refractivity contribution in [2.45, 2.75) is 12.6 Å². The highest BCUT2D eigenvalue weighted by atomic mass is 16.1. The van der Waals surface area contributed by atoms with Gasteiger partial charge in [-0.3, -0.25) is 4.79 Å². The van der Waals surface area contributed by atoms with Crippen LogP contribution in [0.1, 0.15) is 22.0 Å². The molecule has 25 heavy (non-hydrogen) atoms. The van der Waals surface area contributed by atoms with Crippen LogP contribution in [0, 0.1) is 0 Å². The number of nitrogens with one attached hydrogen (secondary N) is 2. The first-order valence-electron chi connectivity index (χ1n) is 8.07. The predicted octanol–water partition coefficient (Wildman–Crippen LogP) is 2.93. The minimum absolute atomic E-state index is 0.121. The smallest absolute Gasteiger partial charge is 0.251 e. The van der Waals surface area contributed by atoms with E-state index in [1.165, 1.54) is 0 Å². The maximum Gasteiger partial charge on any atom is 0.251 e. The lowest BCUT2D eigenvalue weighted by Gasteiger charge is -2.19. The van der Waals surface area contributed by atoms with E-state index in [0.717, 1.165) is 16.5 Å². The molecule has 1 atom stereocenters. The fraction of sp³-hybridized carbons (Fsp3) is 0.105. The highest BCUT2D eigenvalue weighted by molar-refractivity contribution is 5.98. The first-order chi connectivity index (χ1) is 12.3. The topological polar surface area (TPSA) is 75.6 Å². The zero-order chi connectivity index (χ0) is 17.1. The number of carbonyl (C=O) groups excluding carboxylic acids is 1. The third-order valence-corrected chi connectivity index (χ3v) is 4.14. The molecule has 0 unspecified atom stereocenters. The lowest BCUT2D eigenvalue weighted by atomic mass is 10.1. The van der Waals surface area contributed by atoms with Gasteiger partial charge in [0, 0.05) is 22.7 Å². The van der Waals surface area contributed by atoms with Crippen LogP contribution in [-0.4, -0.2) is 25.9 Å². The zero-order valence-corrected chi connectivity index (χ0v) is 13.5. The third kappa shape index (κ3) is 3.28. The molecule has 2 N–H and O–H groups in total. The fourth-order valence-corrected chi connectivity index (χ4v) is 2.86. The number of aromatic nitrogens is 4. The molecule has 0 saturated carbocycles. The number of nitrogens with zero attached hydrogens (tertiary/aromatic N) is 3. The van der Waals surface area contributed by atoms with Crippen molar-refractivity contribution in [1.29, 1.82) is 0 Å². The standard InChI is InChI=1S/C19H17N5O/c25-19(16-6-7-17-15(12-16)8-9-20-17)23-18(13-24-21-10-11-22-24)14-4-2-1-3-5-14/h1-12,18,20H,13H2,(H,23,25)/t18-/m0/s1. The first-order valence-corrected chi connectivity index (χ1v) is 8.07. The van der Waals surface area contributed by atoms with Crippen molar-refractivity contribution in [2.24, 2.45) is 0 Å². The summed E-state index contributed by atoms with van der Waals surface area (Å²) in [5.74, 6) is -0.121. The lowest BCUT2D eigenvalue weighted by molar-refractivity contribution is 0.0931. The molecule has 0 aliphatic rings. The Morgan fingerprint density at radius 2 is 1.88 bits per heavy atom. The van der Waals surface area contributed by atoms with Crippen molar-refractivity contribution >= 4 is 16.8 Å². The Labute approximate surface area is 144 Å². The number of hydrogen-bond acceptors (Lipinski definition) is 3. The maximum atomic E-state index is 12.8. The zero-order valence-electron chi connectivity index (χ0n) is 13.5. The lowest BCUT2D eigenvalue weighted by Crippen LogP contribution is -2.32. The summed E-state index contributed by atoms with van der Waals surface area (Å²) in [6, 6.07) is 17.2. The summed E-state index contributed by atoms with van der Waals surface area (Å²) in [7, 11) is 0. The summed E-state index contributed by atoms with van der Waals surface area (Å²) in [5, 5.41) is 12.4. The van der Waals surface area contributed by atoms with Gasteiger partial charge >= 0.3 is 0 Å². The number of rotatable bonds is 5. The molecule has 4 rings (SSSR count). The SMILES string of the molecule is O=C(N[C@@H](Cn1nccn1)c1ccccc1)c1ccc2[nH]ccc2c1. The maximum absolute atomic E-state index is 12.8. The van der Waals surface area contributed by atoms with Crippen LogP contribution in [0.15, 0.2) is 73.2 Å². The Balaban J connectivity index is 1.59. The number of fused-ring (bicyclic) bond motifs is 1. The van der Waals surface area contributed by atoms with Gasteiger partial charge in [-0.15, -0.1) is 0 Å². The molecule has 0 radical (unpaired) electrons. The van der Waals surface area contributed by atoms with Gasteiger partial charge in [0.2, 0.25) is 0 Å². The summed E-state index contributed by atoms with van der Waals surface area (Å²) in [5.41, 5.74) is 2.65. The average Bonchev–Trinajstić information content (AvgIpc) is 3.32. The number of hydrogen-bond donors (Lipinski definition) is 2. The van der Waals surface area contributed by atoms with Crippen molar-refractivity contribution in [3.05, 3.63) is 84.3 Å². The predicted molar refractivity (Wildman–Crippen MR) is 95.0 cm³/mol. The van der Waals surface area contributed by atoms with Crippen molar-refractivity contribution in [3.63, 3.8) is 0 Å². The van der Waals surface area contributed by atoms with E-state index in [4.69, 9.17) is 0 Å².